The maximum atomic E-state index is 11.3. The van der Waals surface area contributed by atoms with Gasteiger partial charge in [0.1, 0.15) is 4.91 Å². The van der Waals surface area contributed by atoms with Crippen LogP contribution in [-0.2, 0) is 9.53 Å². The first-order valence-corrected chi connectivity index (χ1v) is 6.19. The van der Waals surface area contributed by atoms with Gasteiger partial charge in [0, 0.05) is 0 Å². The lowest BCUT2D eigenvalue weighted by atomic mass is 10.4. The summed E-state index contributed by atoms with van der Waals surface area (Å²) in [5, 5.41) is 10.6. The van der Waals surface area contributed by atoms with E-state index in [-0.39, 0.29) is 16.7 Å². The van der Waals surface area contributed by atoms with Gasteiger partial charge in [-0.1, -0.05) is 11.6 Å². The van der Waals surface area contributed by atoms with Gasteiger partial charge in [-0.25, -0.2) is 4.79 Å². The number of hydrogen-bond donors (Lipinski definition) is 0. The van der Waals surface area contributed by atoms with Crippen molar-refractivity contribution in [3.05, 3.63) is 20.7 Å². The second-order valence-corrected chi connectivity index (χ2v) is 4.41. The lowest BCUT2D eigenvalue weighted by Gasteiger charge is -2.00. The molecule has 1 aliphatic rings. The Morgan fingerprint density at radius 2 is 2.40 bits per heavy atom. The smallest absolute Gasteiger partial charge is 0.411 e. The van der Waals surface area contributed by atoms with E-state index < -0.39 is 16.6 Å². The molecule has 1 rings (SSSR count). The molecule has 0 saturated heterocycles. The van der Waals surface area contributed by atoms with Crippen LogP contribution in [0.3, 0.4) is 0 Å². The van der Waals surface area contributed by atoms with E-state index >= 15 is 0 Å². The van der Waals surface area contributed by atoms with Crippen molar-refractivity contribution < 1.29 is 14.5 Å². The van der Waals surface area contributed by atoms with Crippen LogP contribution in [0.5, 0.6) is 0 Å². The van der Waals surface area contributed by atoms with Crippen LogP contribution in [0.1, 0.15) is 6.92 Å². The van der Waals surface area contributed by atoms with Crippen LogP contribution in [0.2, 0.25) is 0 Å². The Labute approximate surface area is 97.8 Å². The van der Waals surface area contributed by atoms with Crippen molar-refractivity contribution in [1.29, 1.82) is 0 Å². The van der Waals surface area contributed by atoms with Crippen LogP contribution < -0.4 is 0 Å². The predicted molar refractivity (Wildman–Crippen MR) is 59.1 cm³/mol. The molecule has 15 heavy (non-hydrogen) atoms. The van der Waals surface area contributed by atoms with Crippen molar-refractivity contribution in [1.82, 2.24) is 0 Å². The molecule has 0 radical (unpaired) electrons. The standard InChI is InChI=1S/C6H5ClN2O4S2/c1-2-13-6(10)3(9(11)12)4-5(7)8-15-14-4/h2H2,1H3/b4-3+. The first-order chi connectivity index (χ1) is 7.07. The molecular weight excluding hydrogens is 264 g/mol. The van der Waals surface area contributed by atoms with E-state index in [0.29, 0.717) is 0 Å². The topological polar surface area (TPSA) is 81.8 Å². The molecule has 0 N–H and O–H groups in total. The fourth-order valence-corrected chi connectivity index (χ4v) is 3.03. The largest absolute Gasteiger partial charge is 0.458 e. The van der Waals surface area contributed by atoms with E-state index in [1.807, 2.05) is 0 Å². The zero-order valence-corrected chi connectivity index (χ0v) is 9.82. The van der Waals surface area contributed by atoms with E-state index in [0.717, 1.165) is 21.8 Å². The minimum Gasteiger partial charge on any atom is -0.458 e. The number of ether oxygens (including phenoxy) is 1. The summed E-state index contributed by atoms with van der Waals surface area (Å²) in [5.74, 6) is -0.999. The van der Waals surface area contributed by atoms with Gasteiger partial charge in [-0.15, -0.1) is 0 Å². The Morgan fingerprint density at radius 3 is 2.80 bits per heavy atom. The van der Waals surface area contributed by atoms with Crippen molar-refractivity contribution >= 4 is 44.5 Å². The van der Waals surface area contributed by atoms with Crippen molar-refractivity contribution in [2.24, 2.45) is 4.40 Å². The number of carbonyl (C=O) groups excluding carboxylic acids is 1. The van der Waals surface area contributed by atoms with Gasteiger partial charge in [-0.05, 0) is 17.7 Å². The normalized spacial score (nSPS) is 18.4. The third kappa shape index (κ3) is 2.86. The van der Waals surface area contributed by atoms with Crippen LogP contribution in [0.4, 0.5) is 0 Å². The van der Waals surface area contributed by atoms with E-state index in [1.54, 1.807) is 6.92 Å². The van der Waals surface area contributed by atoms with E-state index in [2.05, 4.69) is 9.13 Å². The third-order valence-electron chi connectivity index (χ3n) is 1.29. The quantitative estimate of drug-likeness (QED) is 0.194. The van der Waals surface area contributed by atoms with Gasteiger partial charge in [0.05, 0.1) is 22.5 Å². The highest BCUT2D eigenvalue weighted by Crippen LogP contribution is 2.42. The summed E-state index contributed by atoms with van der Waals surface area (Å²) < 4.78 is 8.21. The summed E-state index contributed by atoms with van der Waals surface area (Å²) >= 11 is 5.60. The summed E-state index contributed by atoms with van der Waals surface area (Å²) in [4.78, 5) is 21.1. The highest BCUT2D eigenvalue weighted by molar-refractivity contribution is 8.78. The van der Waals surface area contributed by atoms with Gasteiger partial charge in [-0.2, -0.15) is 4.40 Å². The van der Waals surface area contributed by atoms with Gasteiger partial charge >= 0.3 is 11.7 Å². The number of hydrogen-bond acceptors (Lipinski definition) is 7. The van der Waals surface area contributed by atoms with E-state index in [4.69, 9.17) is 11.6 Å². The van der Waals surface area contributed by atoms with E-state index in [1.165, 1.54) is 0 Å². The van der Waals surface area contributed by atoms with Crippen LogP contribution in [0, 0.1) is 10.1 Å². The maximum absolute atomic E-state index is 11.3. The second kappa shape index (κ2) is 5.38. The number of halogens is 1. The summed E-state index contributed by atoms with van der Waals surface area (Å²) in [6.07, 6.45) is 0. The molecule has 0 aliphatic carbocycles. The van der Waals surface area contributed by atoms with Crippen molar-refractivity contribution in [2.45, 2.75) is 6.92 Å². The molecule has 9 heteroatoms. The number of carbonyl (C=O) groups is 1. The molecule has 0 bridgehead atoms. The molecule has 1 aliphatic heterocycles. The monoisotopic (exact) mass is 268 g/mol. The lowest BCUT2D eigenvalue weighted by molar-refractivity contribution is -0.421. The van der Waals surface area contributed by atoms with Crippen LogP contribution >= 0.6 is 33.4 Å². The van der Waals surface area contributed by atoms with Crippen LogP contribution in [0.25, 0.3) is 0 Å². The Morgan fingerprint density at radius 1 is 1.73 bits per heavy atom. The zero-order valence-electron chi connectivity index (χ0n) is 7.43. The fourth-order valence-electron chi connectivity index (χ4n) is 0.751. The van der Waals surface area contributed by atoms with Crippen LogP contribution in [-0.4, -0.2) is 22.7 Å². The van der Waals surface area contributed by atoms with Gasteiger partial charge in [-0.3, -0.25) is 10.1 Å². The average Bonchev–Trinajstić information content (AvgIpc) is 2.52. The minimum atomic E-state index is -0.999. The molecule has 1 heterocycles. The molecule has 0 unspecified atom stereocenters. The van der Waals surface area contributed by atoms with Gasteiger partial charge in [0.25, 0.3) is 0 Å². The maximum Gasteiger partial charge on any atom is 0.411 e. The molecule has 0 aromatic carbocycles. The molecular formula is C6H5ClN2O4S2. The van der Waals surface area contributed by atoms with Crippen molar-refractivity contribution in [2.75, 3.05) is 6.61 Å². The Hall–Kier alpha value is -0.730. The molecule has 82 valence electrons. The van der Waals surface area contributed by atoms with Crippen molar-refractivity contribution in [3.63, 3.8) is 0 Å². The Kier molecular flexibility index (Phi) is 4.43. The molecule has 0 fully saturated rings. The lowest BCUT2D eigenvalue weighted by Crippen LogP contribution is -2.17. The summed E-state index contributed by atoms with van der Waals surface area (Å²) in [6.45, 7) is 1.63. The Balaban J connectivity index is 3.07. The number of esters is 1. The number of nitro groups is 1. The van der Waals surface area contributed by atoms with E-state index in [9.17, 15) is 14.9 Å². The SMILES string of the molecule is CCOC(=O)/C(=C1\SSN=C1Cl)[N+](=O)[O-]. The highest BCUT2D eigenvalue weighted by atomic mass is 35.5. The molecule has 0 spiro atoms. The minimum absolute atomic E-state index is 0.0325. The first kappa shape index (κ1) is 12.3. The zero-order chi connectivity index (χ0) is 11.4. The van der Waals surface area contributed by atoms with Gasteiger partial charge in [0.2, 0.25) is 0 Å². The van der Waals surface area contributed by atoms with Gasteiger partial charge < -0.3 is 4.74 Å². The Bertz CT molecular complexity index is 368. The molecule has 6 nitrogen and oxygen atoms in total. The summed E-state index contributed by atoms with van der Waals surface area (Å²) in [5.41, 5.74) is -0.666. The summed E-state index contributed by atoms with van der Waals surface area (Å²) in [6, 6.07) is 0. The fraction of sp³-hybridized carbons (Fsp3) is 0.333. The molecule has 0 saturated carbocycles. The predicted octanol–water partition coefficient (Wildman–Crippen LogP) is 1.99. The van der Waals surface area contributed by atoms with Gasteiger partial charge in [0.15, 0.2) is 5.17 Å². The number of allylic oxidation sites excluding steroid dienone is 1. The number of rotatable bonds is 3. The first-order valence-electron chi connectivity index (χ1n) is 3.71. The van der Waals surface area contributed by atoms with Crippen LogP contribution in [0.15, 0.2) is 15.0 Å². The average molecular weight is 269 g/mol. The molecule has 0 atom stereocenters. The highest BCUT2D eigenvalue weighted by Gasteiger charge is 2.34. The molecule has 0 aromatic rings. The third-order valence-corrected chi connectivity index (χ3v) is 3.61. The molecule has 0 amide bonds. The molecule has 0 aromatic heterocycles. The number of nitrogens with zero attached hydrogens (tertiary/aromatic N) is 2. The van der Waals surface area contributed by atoms with Crippen molar-refractivity contribution in [3.8, 4) is 0 Å². The second-order valence-electron chi connectivity index (χ2n) is 2.20. The summed E-state index contributed by atoms with van der Waals surface area (Å²) in [7, 11) is 1.93.